The Balaban J connectivity index is 1.42. The minimum atomic E-state index is -4.67. The number of para-hydroxylation sites is 8. The van der Waals surface area contributed by atoms with Gasteiger partial charge in [0.25, 0.3) is 0 Å². The summed E-state index contributed by atoms with van der Waals surface area (Å²) in [4.78, 5) is 4.36. The zero-order valence-electron chi connectivity index (χ0n) is 36.1. The standard InChI is InChI=1S/C56H46F6N2O2/c57-55(58,59)39-23-15-21-37(33-39)50-49(35-17-3-1-4-18-35)51(38-22-16-24-40(34-38)56(60,61)62)54(64-43-27-9-13-31-47(43)66-48-32-14-10-28-44(48)64)52(36-19-5-2-6-20-36)53(50)63-41-25-7-11-29-45(41)65-46-30-12-8-26-42(46)63/h7-16,21-36H,1-6,17-20H2. The molecule has 2 fully saturated rings. The summed E-state index contributed by atoms with van der Waals surface area (Å²) in [5, 5.41) is 0. The first-order valence-electron chi connectivity index (χ1n) is 23.0. The van der Waals surface area contributed by atoms with Crippen LogP contribution in [0, 0.1) is 0 Å². The van der Waals surface area contributed by atoms with E-state index in [1.807, 2.05) is 97.1 Å². The number of ether oxygens (including phenoxy) is 2. The number of fused-ring (bicyclic) bond motifs is 4. The van der Waals surface area contributed by atoms with E-state index in [2.05, 4.69) is 9.80 Å². The molecule has 66 heavy (non-hydrogen) atoms. The Hall–Kier alpha value is -6.68. The molecular formula is C56H46F6N2O2. The number of hydrogen-bond donors (Lipinski definition) is 0. The summed E-state index contributed by atoms with van der Waals surface area (Å²) in [5.41, 5.74) is 6.09. The van der Waals surface area contributed by atoms with Crippen molar-refractivity contribution < 1.29 is 35.8 Å². The molecule has 0 amide bonds. The Bertz CT molecular complexity index is 2690. The van der Waals surface area contributed by atoms with Gasteiger partial charge in [0.15, 0.2) is 23.0 Å². The smallest absolute Gasteiger partial charge is 0.416 e. The maximum atomic E-state index is 15.1. The highest BCUT2D eigenvalue weighted by molar-refractivity contribution is 6.07. The van der Waals surface area contributed by atoms with Gasteiger partial charge in [-0.3, -0.25) is 0 Å². The van der Waals surface area contributed by atoms with E-state index >= 15 is 26.3 Å². The molecule has 2 aliphatic carbocycles. The monoisotopic (exact) mass is 892 g/mol. The third kappa shape index (κ3) is 7.35. The van der Waals surface area contributed by atoms with Gasteiger partial charge in [0.2, 0.25) is 0 Å². The quantitative estimate of drug-likeness (QED) is 0.155. The van der Waals surface area contributed by atoms with Crippen molar-refractivity contribution in [1.29, 1.82) is 0 Å². The molecule has 334 valence electrons. The Morgan fingerprint density at radius 2 is 0.712 bits per heavy atom. The van der Waals surface area contributed by atoms with Crippen LogP contribution in [0.5, 0.6) is 23.0 Å². The van der Waals surface area contributed by atoms with Gasteiger partial charge in [0, 0.05) is 16.7 Å². The van der Waals surface area contributed by atoms with Crippen molar-refractivity contribution in [2.24, 2.45) is 0 Å². The van der Waals surface area contributed by atoms with Crippen LogP contribution in [-0.4, -0.2) is 0 Å². The highest BCUT2D eigenvalue weighted by Crippen LogP contribution is 2.65. The van der Waals surface area contributed by atoms with Gasteiger partial charge in [0.1, 0.15) is 0 Å². The first-order valence-corrected chi connectivity index (χ1v) is 23.0. The maximum Gasteiger partial charge on any atom is 0.416 e. The molecule has 0 aromatic heterocycles. The summed E-state index contributed by atoms with van der Waals surface area (Å²) in [6, 6.07) is 41.9. The van der Waals surface area contributed by atoms with Crippen molar-refractivity contribution in [2.75, 3.05) is 9.80 Å². The number of anilines is 6. The van der Waals surface area contributed by atoms with Crippen molar-refractivity contribution in [3.8, 4) is 45.3 Å². The molecule has 2 aliphatic heterocycles. The SMILES string of the molecule is FC(F)(F)c1cccc(-c2c(C3CCCCC3)c(-c3cccc(C(F)(F)F)c3)c(N3c4ccccc4Oc4ccccc43)c(C3CCCCC3)c2N2c3ccccc3Oc3ccccc32)c1. The van der Waals surface area contributed by atoms with Gasteiger partial charge >= 0.3 is 12.4 Å². The molecule has 2 saturated carbocycles. The average molecular weight is 893 g/mol. The second-order valence-corrected chi connectivity index (χ2v) is 17.8. The summed E-state index contributed by atoms with van der Waals surface area (Å²) in [7, 11) is 0. The molecule has 7 aromatic carbocycles. The number of alkyl halides is 6. The maximum absolute atomic E-state index is 15.1. The lowest BCUT2D eigenvalue weighted by molar-refractivity contribution is -0.138. The second-order valence-electron chi connectivity index (χ2n) is 17.8. The van der Waals surface area contributed by atoms with Crippen LogP contribution in [0.2, 0.25) is 0 Å². The van der Waals surface area contributed by atoms with Gasteiger partial charge in [-0.05, 0) is 127 Å². The summed E-state index contributed by atoms with van der Waals surface area (Å²) >= 11 is 0. The Labute approximate surface area is 380 Å². The third-order valence-electron chi connectivity index (χ3n) is 13.8. The molecule has 0 atom stereocenters. The predicted octanol–water partition coefficient (Wildman–Crippen LogP) is 18.3. The molecule has 4 aliphatic rings. The van der Waals surface area contributed by atoms with Gasteiger partial charge in [-0.1, -0.05) is 111 Å². The number of nitrogens with zero attached hydrogens (tertiary/aromatic N) is 2. The van der Waals surface area contributed by atoms with E-state index in [0.717, 1.165) is 74.6 Å². The number of rotatable bonds is 6. The van der Waals surface area contributed by atoms with Crippen LogP contribution in [0.25, 0.3) is 22.3 Å². The molecule has 11 rings (SSSR count). The van der Waals surface area contributed by atoms with E-state index < -0.39 is 23.5 Å². The third-order valence-corrected chi connectivity index (χ3v) is 13.8. The molecule has 2 heterocycles. The minimum Gasteiger partial charge on any atom is -0.453 e. The Morgan fingerprint density at radius 1 is 0.379 bits per heavy atom. The lowest BCUT2D eigenvalue weighted by Crippen LogP contribution is -2.26. The van der Waals surface area contributed by atoms with Crippen molar-refractivity contribution in [3.63, 3.8) is 0 Å². The largest absolute Gasteiger partial charge is 0.453 e. The lowest BCUT2D eigenvalue weighted by Gasteiger charge is -2.44. The number of benzene rings is 7. The lowest BCUT2D eigenvalue weighted by atomic mass is 9.71. The molecule has 0 spiro atoms. The first-order chi connectivity index (χ1) is 32.0. The van der Waals surface area contributed by atoms with Crippen molar-refractivity contribution >= 4 is 34.1 Å². The molecule has 0 N–H and O–H groups in total. The number of hydrogen-bond acceptors (Lipinski definition) is 4. The van der Waals surface area contributed by atoms with E-state index in [1.165, 1.54) is 24.3 Å². The first kappa shape index (κ1) is 42.0. The molecule has 10 heteroatoms. The molecule has 0 radical (unpaired) electrons. The summed E-state index contributed by atoms with van der Waals surface area (Å²) in [6.45, 7) is 0. The van der Waals surface area contributed by atoms with E-state index in [4.69, 9.17) is 9.47 Å². The van der Waals surface area contributed by atoms with Crippen molar-refractivity contribution in [2.45, 2.75) is 88.4 Å². The van der Waals surface area contributed by atoms with Crippen LogP contribution < -0.4 is 19.3 Å². The molecular weight excluding hydrogens is 847 g/mol. The summed E-state index contributed by atoms with van der Waals surface area (Å²) in [6.07, 6.45) is -0.923. The van der Waals surface area contributed by atoms with Crippen LogP contribution in [0.4, 0.5) is 60.5 Å². The fourth-order valence-electron chi connectivity index (χ4n) is 11.0. The van der Waals surface area contributed by atoms with Crippen molar-refractivity contribution in [1.82, 2.24) is 0 Å². The molecule has 0 bridgehead atoms. The van der Waals surface area contributed by atoms with Crippen LogP contribution in [0.15, 0.2) is 146 Å². The molecule has 7 aromatic rings. The zero-order valence-corrected chi connectivity index (χ0v) is 36.1. The predicted molar refractivity (Wildman–Crippen MR) is 248 cm³/mol. The van der Waals surface area contributed by atoms with Gasteiger partial charge in [-0.15, -0.1) is 0 Å². The van der Waals surface area contributed by atoms with E-state index in [1.54, 1.807) is 12.1 Å². The van der Waals surface area contributed by atoms with Gasteiger partial charge in [-0.2, -0.15) is 26.3 Å². The van der Waals surface area contributed by atoms with Crippen LogP contribution in [0.1, 0.15) is 98.3 Å². The Kier molecular flexibility index (Phi) is 10.6. The minimum absolute atomic E-state index is 0.164. The Morgan fingerprint density at radius 3 is 1.06 bits per heavy atom. The van der Waals surface area contributed by atoms with Gasteiger partial charge in [-0.25, -0.2) is 0 Å². The highest BCUT2D eigenvalue weighted by atomic mass is 19.4. The normalized spacial score (nSPS) is 16.4. The van der Waals surface area contributed by atoms with Crippen molar-refractivity contribution in [3.05, 3.63) is 168 Å². The highest BCUT2D eigenvalue weighted by Gasteiger charge is 2.43. The second kappa shape index (κ2) is 16.6. The molecule has 0 saturated heterocycles. The van der Waals surface area contributed by atoms with Gasteiger partial charge < -0.3 is 19.3 Å². The van der Waals surface area contributed by atoms with Crippen LogP contribution >= 0.6 is 0 Å². The van der Waals surface area contributed by atoms with E-state index in [9.17, 15) is 0 Å². The fourth-order valence-corrected chi connectivity index (χ4v) is 11.0. The zero-order chi connectivity index (χ0) is 45.2. The molecule has 4 nitrogen and oxygen atoms in total. The fraction of sp³-hybridized carbons (Fsp3) is 0.250. The number of halogens is 6. The van der Waals surface area contributed by atoms with E-state index in [-0.39, 0.29) is 11.8 Å². The topological polar surface area (TPSA) is 24.9 Å². The van der Waals surface area contributed by atoms with Crippen LogP contribution in [0.3, 0.4) is 0 Å². The van der Waals surface area contributed by atoms with Gasteiger partial charge in [0.05, 0.1) is 45.3 Å². The van der Waals surface area contributed by atoms with E-state index in [0.29, 0.717) is 92.2 Å². The molecule has 0 unspecified atom stereocenters. The van der Waals surface area contributed by atoms with Crippen LogP contribution in [-0.2, 0) is 12.4 Å². The average Bonchev–Trinajstić information content (AvgIpc) is 3.34. The summed E-state index contributed by atoms with van der Waals surface area (Å²) in [5.74, 6) is 1.90. The summed E-state index contributed by atoms with van der Waals surface area (Å²) < 4.78 is 104.